The average Bonchev–Trinajstić information content (AvgIpc) is 2.28. The molecule has 0 aliphatic rings. The normalized spacial score (nSPS) is 9.06. The highest BCUT2D eigenvalue weighted by atomic mass is 127. The van der Waals surface area contributed by atoms with E-state index in [0.717, 1.165) is 9.13 Å². The van der Waals surface area contributed by atoms with Crippen molar-refractivity contribution in [2.75, 3.05) is 0 Å². The lowest BCUT2D eigenvalue weighted by molar-refractivity contribution is -0.137. The number of carboxylic acids is 2. The van der Waals surface area contributed by atoms with Crippen molar-refractivity contribution in [2.24, 2.45) is 0 Å². The molecule has 0 saturated carbocycles. The third kappa shape index (κ3) is 8.67. The summed E-state index contributed by atoms with van der Waals surface area (Å²) in [5.74, 6) is -1.49. The third-order valence-electron chi connectivity index (χ3n) is 1.87. The van der Waals surface area contributed by atoms with Crippen LogP contribution in [0.25, 0.3) is 0 Å². The highest BCUT2D eigenvalue weighted by molar-refractivity contribution is 14.1. The standard InChI is InChI=1S/C9H9IO2.C3H6O2/c10-8-4-2-1-3-7(8)5-6-9(11)12;1-2-3(4)5/h1-4H,5-6H2,(H,11,12);2H2,1H3,(H,4,5). The largest absolute Gasteiger partial charge is 0.481 e. The van der Waals surface area contributed by atoms with E-state index in [2.05, 4.69) is 22.6 Å². The zero-order valence-corrected chi connectivity index (χ0v) is 11.7. The van der Waals surface area contributed by atoms with Crippen LogP contribution in [0.15, 0.2) is 24.3 Å². The molecule has 0 bridgehead atoms. The molecule has 0 radical (unpaired) electrons. The maximum absolute atomic E-state index is 10.3. The van der Waals surface area contributed by atoms with Gasteiger partial charge in [-0.2, -0.15) is 0 Å². The molecule has 0 saturated heterocycles. The number of aliphatic carboxylic acids is 2. The van der Waals surface area contributed by atoms with Crippen molar-refractivity contribution in [3.05, 3.63) is 33.4 Å². The molecule has 0 fully saturated rings. The van der Waals surface area contributed by atoms with E-state index in [1.54, 1.807) is 6.92 Å². The Labute approximate surface area is 114 Å². The molecule has 2 N–H and O–H groups in total. The predicted octanol–water partition coefficient (Wildman–Crippen LogP) is 2.79. The summed E-state index contributed by atoms with van der Waals surface area (Å²) in [5, 5.41) is 16.2. The van der Waals surface area contributed by atoms with E-state index in [4.69, 9.17) is 10.2 Å². The van der Waals surface area contributed by atoms with Gasteiger partial charge in [0.25, 0.3) is 0 Å². The molecule has 0 atom stereocenters. The van der Waals surface area contributed by atoms with Crippen molar-refractivity contribution in [2.45, 2.75) is 26.2 Å². The van der Waals surface area contributed by atoms with E-state index in [1.165, 1.54) is 0 Å². The minimum Gasteiger partial charge on any atom is -0.481 e. The Kier molecular flexibility index (Phi) is 8.39. The zero-order chi connectivity index (χ0) is 13.3. The highest BCUT2D eigenvalue weighted by Crippen LogP contribution is 2.12. The molecular weight excluding hydrogens is 335 g/mol. The molecule has 1 rings (SSSR count). The van der Waals surface area contributed by atoms with Gasteiger partial charge in [-0.25, -0.2) is 0 Å². The molecule has 0 aromatic heterocycles. The van der Waals surface area contributed by atoms with Crippen molar-refractivity contribution in [1.82, 2.24) is 0 Å². The second-order valence-electron chi connectivity index (χ2n) is 3.23. The summed E-state index contributed by atoms with van der Waals surface area (Å²) in [6.45, 7) is 1.60. The van der Waals surface area contributed by atoms with Gasteiger partial charge in [0.05, 0.1) is 0 Å². The van der Waals surface area contributed by atoms with Crippen LogP contribution in [-0.2, 0) is 16.0 Å². The van der Waals surface area contributed by atoms with Crippen molar-refractivity contribution < 1.29 is 19.8 Å². The maximum Gasteiger partial charge on any atom is 0.303 e. The Bertz CT molecular complexity index is 377. The lowest BCUT2D eigenvalue weighted by atomic mass is 10.1. The van der Waals surface area contributed by atoms with E-state index >= 15 is 0 Å². The van der Waals surface area contributed by atoms with E-state index in [1.807, 2.05) is 24.3 Å². The quantitative estimate of drug-likeness (QED) is 0.819. The van der Waals surface area contributed by atoms with Gasteiger partial charge in [0, 0.05) is 16.4 Å². The summed E-state index contributed by atoms with van der Waals surface area (Å²) in [5.41, 5.74) is 1.11. The molecule has 0 aliphatic carbocycles. The Morgan fingerprint density at radius 3 is 2.12 bits per heavy atom. The number of hydrogen-bond acceptors (Lipinski definition) is 2. The molecule has 0 amide bonds. The molecule has 0 unspecified atom stereocenters. The number of carbonyl (C=O) groups is 2. The second-order valence-corrected chi connectivity index (χ2v) is 4.39. The van der Waals surface area contributed by atoms with Gasteiger partial charge in [-0.15, -0.1) is 0 Å². The van der Waals surface area contributed by atoms with Crippen LogP contribution in [-0.4, -0.2) is 22.2 Å². The van der Waals surface area contributed by atoms with Crippen LogP contribution < -0.4 is 0 Å². The van der Waals surface area contributed by atoms with Crippen LogP contribution in [0.4, 0.5) is 0 Å². The van der Waals surface area contributed by atoms with E-state index in [0.29, 0.717) is 6.42 Å². The summed E-state index contributed by atoms with van der Waals surface area (Å²) in [4.78, 5) is 19.6. The number of hydrogen-bond donors (Lipinski definition) is 2. The molecule has 94 valence electrons. The second kappa shape index (κ2) is 8.98. The van der Waals surface area contributed by atoms with Crippen LogP contribution in [0.3, 0.4) is 0 Å². The van der Waals surface area contributed by atoms with Crippen molar-refractivity contribution in [3.63, 3.8) is 0 Å². The van der Waals surface area contributed by atoms with Crippen LogP contribution in [0, 0.1) is 3.57 Å². The van der Waals surface area contributed by atoms with E-state index in [9.17, 15) is 9.59 Å². The molecule has 17 heavy (non-hydrogen) atoms. The van der Waals surface area contributed by atoms with Gasteiger partial charge in [-0.05, 0) is 40.6 Å². The first-order chi connectivity index (χ1) is 7.97. The maximum atomic E-state index is 10.3. The van der Waals surface area contributed by atoms with Gasteiger partial charge in [0.1, 0.15) is 0 Å². The first-order valence-electron chi connectivity index (χ1n) is 5.14. The minimum absolute atomic E-state index is 0.208. The van der Waals surface area contributed by atoms with Crippen molar-refractivity contribution in [1.29, 1.82) is 0 Å². The number of carboxylic acid groups (broad SMARTS) is 2. The van der Waals surface area contributed by atoms with Crippen LogP contribution in [0.1, 0.15) is 25.3 Å². The Morgan fingerprint density at radius 1 is 1.18 bits per heavy atom. The fraction of sp³-hybridized carbons (Fsp3) is 0.333. The zero-order valence-electron chi connectivity index (χ0n) is 9.52. The number of rotatable bonds is 4. The smallest absolute Gasteiger partial charge is 0.303 e. The number of aryl methyl sites for hydroxylation is 1. The summed E-state index contributed by atoms with van der Waals surface area (Å²) in [6.07, 6.45) is 1.05. The predicted molar refractivity (Wildman–Crippen MR) is 73.0 cm³/mol. The molecular formula is C12H15IO4. The topological polar surface area (TPSA) is 74.6 Å². The lowest BCUT2D eigenvalue weighted by Crippen LogP contribution is -1.98. The first kappa shape index (κ1) is 15.9. The first-order valence-corrected chi connectivity index (χ1v) is 6.22. The number of halogens is 1. The van der Waals surface area contributed by atoms with Crippen LogP contribution >= 0.6 is 22.6 Å². The van der Waals surface area contributed by atoms with Gasteiger partial charge in [-0.1, -0.05) is 25.1 Å². The fourth-order valence-electron chi connectivity index (χ4n) is 0.943. The Hall–Kier alpha value is -1.11. The Morgan fingerprint density at radius 2 is 1.71 bits per heavy atom. The SMILES string of the molecule is CCC(=O)O.O=C(O)CCc1ccccc1I. The minimum atomic E-state index is -0.745. The monoisotopic (exact) mass is 350 g/mol. The fourth-order valence-corrected chi connectivity index (χ4v) is 1.60. The van der Waals surface area contributed by atoms with Crippen LogP contribution in [0.2, 0.25) is 0 Å². The molecule has 4 nitrogen and oxygen atoms in total. The lowest BCUT2D eigenvalue weighted by Gasteiger charge is -2.00. The Balaban J connectivity index is 0.000000437. The van der Waals surface area contributed by atoms with Crippen molar-refractivity contribution in [3.8, 4) is 0 Å². The molecule has 1 aromatic rings. The summed E-state index contributed by atoms with van der Waals surface area (Å²) in [6, 6.07) is 7.83. The van der Waals surface area contributed by atoms with Gasteiger partial charge in [0.2, 0.25) is 0 Å². The van der Waals surface area contributed by atoms with Crippen molar-refractivity contribution >= 4 is 34.5 Å². The number of benzene rings is 1. The average molecular weight is 350 g/mol. The third-order valence-corrected chi connectivity index (χ3v) is 2.92. The van der Waals surface area contributed by atoms with Gasteiger partial charge >= 0.3 is 11.9 Å². The molecule has 5 heteroatoms. The highest BCUT2D eigenvalue weighted by Gasteiger charge is 2.01. The summed E-state index contributed by atoms with van der Waals surface area (Å²) >= 11 is 2.21. The van der Waals surface area contributed by atoms with Gasteiger partial charge < -0.3 is 10.2 Å². The van der Waals surface area contributed by atoms with E-state index in [-0.39, 0.29) is 12.8 Å². The van der Waals surface area contributed by atoms with Gasteiger partial charge in [0.15, 0.2) is 0 Å². The molecule has 0 aliphatic heterocycles. The van der Waals surface area contributed by atoms with Gasteiger partial charge in [-0.3, -0.25) is 9.59 Å². The van der Waals surface area contributed by atoms with E-state index < -0.39 is 11.9 Å². The molecule has 0 heterocycles. The molecule has 0 spiro atoms. The summed E-state index contributed by atoms with van der Waals surface area (Å²) in [7, 11) is 0. The summed E-state index contributed by atoms with van der Waals surface area (Å²) < 4.78 is 1.14. The molecule has 1 aromatic carbocycles. The van der Waals surface area contributed by atoms with Crippen LogP contribution in [0.5, 0.6) is 0 Å².